The molecule has 0 saturated heterocycles. The summed E-state index contributed by atoms with van der Waals surface area (Å²) in [7, 11) is 0. The highest BCUT2D eigenvalue weighted by Crippen LogP contribution is 2.27. The standard InChI is InChI=1S/C11H16ClN3/c1-11(2,6-12)15-10-8-4-3-5-9(8)13-7-14-10/h7H,3-6H2,1-2H3,(H,13,14,15). The summed E-state index contributed by atoms with van der Waals surface area (Å²) in [6.07, 6.45) is 4.98. The molecule has 3 nitrogen and oxygen atoms in total. The van der Waals surface area contributed by atoms with Gasteiger partial charge < -0.3 is 5.32 Å². The molecule has 1 aromatic rings. The molecule has 0 unspecified atom stereocenters. The number of halogens is 1. The number of nitrogens with zero attached hydrogens (tertiary/aromatic N) is 2. The molecule has 1 aliphatic rings. The fraction of sp³-hybridized carbons (Fsp3) is 0.636. The lowest BCUT2D eigenvalue weighted by Crippen LogP contribution is -2.33. The number of fused-ring (bicyclic) bond motifs is 1. The first kappa shape index (κ1) is 10.7. The highest BCUT2D eigenvalue weighted by molar-refractivity contribution is 6.18. The lowest BCUT2D eigenvalue weighted by Gasteiger charge is -2.25. The van der Waals surface area contributed by atoms with Crippen LogP contribution < -0.4 is 5.32 Å². The van der Waals surface area contributed by atoms with Gasteiger partial charge in [-0.15, -0.1) is 11.6 Å². The van der Waals surface area contributed by atoms with Gasteiger partial charge in [-0.1, -0.05) is 0 Å². The van der Waals surface area contributed by atoms with Crippen LogP contribution in [0.5, 0.6) is 0 Å². The van der Waals surface area contributed by atoms with E-state index in [0.29, 0.717) is 5.88 Å². The Labute approximate surface area is 95.3 Å². The van der Waals surface area contributed by atoms with Crippen molar-refractivity contribution in [2.45, 2.75) is 38.6 Å². The monoisotopic (exact) mass is 225 g/mol. The maximum absolute atomic E-state index is 5.89. The van der Waals surface area contributed by atoms with Gasteiger partial charge in [0.2, 0.25) is 0 Å². The number of hydrogen-bond acceptors (Lipinski definition) is 3. The molecule has 0 bridgehead atoms. The predicted molar refractivity (Wildman–Crippen MR) is 62.5 cm³/mol. The SMILES string of the molecule is CC(C)(CCl)Nc1ncnc2c1CCC2. The smallest absolute Gasteiger partial charge is 0.133 e. The molecular formula is C11H16ClN3. The van der Waals surface area contributed by atoms with Gasteiger partial charge in [-0.05, 0) is 33.1 Å². The van der Waals surface area contributed by atoms with Crippen molar-refractivity contribution in [3.05, 3.63) is 17.6 Å². The largest absolute Gasteiger partial charge is 0.364 e. The fourth-order valence-electron chi connectivity index (χ4n) is 1.82. The van der Waals surface area contributed by atoms with Crippen molar-refractivity contribution in [1.29, 1.82) is 0 Å². The van der Waals surface area contributed by atoms with E-state index < -0.39 is 0 Å². The quantitative estimate of drug-likeness (QED) is 0.803. The van der Waals surface area contributed by atoms with Crippen LogP contribution >= 0.6 is 11.6 Å². The van der Waals surface area contributed by atoms with Crippen molar-refractivity contribution >= 4 is 17.4 Å². The molecule has 0 radical (unpaired) electrons. The molecule has 0 aromatic carbocycles. The van der Waals surface area contributed by atoms with Crippen LogP contribution in [0.2, 0.25) is 0 Å². The van der Waals surface area contributed by atoms with Crippen LogP contribution in [0.3, 0.4) is 0 Å². The minimum Gasteiger partial charge on any atom is -0.364 e. The molecule has 4 heteroatoms. The zero-order valence-electron chi connectivity index (χ0n) is 9.18. The lowest BCUT2D eigenvalue weighted by molar-refractivity contribution is 0.636. The maximum atomic E-state index is 5.89. The van der Waals surface area contributed by atoms with Gasteiger partial charge in [0.1, 0.15) is 12.1 Å². The van der Waals surface area contributed by atoms with Gasteiger partial charge in [0, 0.05) is 22.7 Å². The Balaban J connectivity index is 2.26. The van der Waals surface area contributed by atoms with Crippen molar-refractivity contribution in [2.75, 3.05) is 11.2 Å². The third kappa shape index (κ3) is 2.23. The van der Waals surface area contributed by atoms with Crippen molar-refractivity contribution in [3.63, 3.8) is 0 Å². The van der Waals surface area contributed by atoms with Gasteiger partial charge in [0.15, 0.2) is 0 Å². The van der Waals surface area contributed by atoms with Gasteiger partial charge >= 0.3 is 0 Å². The summed E-state index contributed by atoms with van der Waals surface area (Å²) in [5, 5.41) is 3.39. The van der Waals surface area contributed by atoms with Gasteiger partial charge in [0.25, 0.3) is 0 Å². The van der Waals surface area contributed by atoms with E-state index in [1.54, 1.807) is 6.33 Å². The molecular weight excluding hydrogens is 210 g/mol. The topological polar surface area (TPSA) is 37.8 Å². The zero-order valence-corrected chi connectivity index (χ0v) is 9.93. The highest BCUT2D eigenvalue weighted by atomic mass is 35.5. The summed E-state index contributed by atoms with van der Waals surface area (Å²) in [5.74, 6) is 1.52. The maximum Gasteiger partial charge on any atom is 0.133 e. The van der Waals surface area contributed by atoms with Gasteiger partial charge in [0.05, 0.1) is 0 Å². The Kier molecular flexibility index (Phi) is 2.83. The molecule has 1 heterocycles. The number of hydrogen-bond donors (Lipinski definition) is 1. The Morgan fingerprint density at radius 1 is 1.40 bits per heavy atom. The summed E-state index contributed by atoms with van der Waals surface area (Å²) in [6, 6.07) is 0. The number of alkyl halides is 1. The van der Waals surface area contributed by atoms with E-state index in [4.69, 9.17) is 11.6 Å². The van der Waals surface area contributed by atoms with Crippen LogP contribution in [0.1, 0.15) is 31.5 Å². The van der Waals surface area contributed by atoms with Gasteiger partial charge in [-0.2, -0.15) is 0 Å². The zero-order chi connectivity index (χ0) is 10.9. The van der Waals surface area contributed by atoms with Crippen molar-refractivity contribution < 1.29 is 0 Å². The van der Waals surface area contributed by atoms with E-state index in [9.17, 15) is 0 Å². The van der Waals surface area contributed by atoms with Gasteiger partial charge in [-0.3, -0.25) is 0 Å². The van der Waals surface area contributed by atoms with E-state index in [-0.39, 0.29) is 5.54 Å². The summed E-state index contributed by atoms with van der Waals surface area (Å²) in [6.45, 7) is 4.15. The second-order valence-electron chi connectivity index (χ2n) is 4.64. The van der Waals surface area contributed by atoms with Crippen LogP contribution in [-0.4, -0.2) is 21.4 Å². The molecule has 0 atom stereocenters. The molecule has 0 aliphatic heterocycles. The van der Waals surface area contributed by atoms with Crippen molar-refractivity contribution in [2.24, 2.45) is 0 Å². The third-order valence-corrected chi connectivity index (χ3v) is 3.33. The highest BCUT2D eigenvalue weighted by Gasteiger charge is 2.22. The van der Waals surface area contributed by atoms with Crippen LogP contribution in [0, 0.1) is 0 Å². The Hall–Kier alpha value is -0.830. The molecule has 0 amide bonds. The van der Waals surface area contributed by atoms with E-state index in [2.05, 4.69) is 29.1 Å². The fourth-order valence-corrected chi connectivity index (χ4v) is 1.89. The average molecular weight is 226 g/mol. The predicted octanol–water partition coefficient (Wildman–Crippen LogP) is 2.39. The first-order valence-corrected chi connectivity index (χ1v) is 5.83. The van der Waals surface area contributed by atoms with Crippen molar-refractivity contribution in [1.82, 2.24) is 9.97 Å². The summed E-state index contributed by atoms with van der Waals surface area (Å²) < 4.78 is 0. The van der Waals surface area contributed by atoms with Crippen LogP contribution in [-0.2, 0) is 12.8 Å². The molecule has 1 aromatic heterocycles. The second kappa shape index (κ2) is 3.97. The first-order valence-electron chi connectivity index (χ1n) is 5.29. The average Bonchev–Trinajstić information content (AvgIpc) is 2.66. The number of rotatable bonds is 3. The molecule has 0 fully saturated rings. The summed E-state index contributed by atoms with van der Waals surface area (Å²) in [4.78, 5) is 8.59. The van der Waals surface area contributed by atoms with E-state index in [1.165, 1.54) is 17.7 Å². The number of aromatic nitrogens is 2. The molecule has 15 heavy (non-hydrogen) atoms. The van der Waals surface area contributed by atoms with Gasteiger partial charge in [-0.25, -0.2) is 9.97 Å². The van der Waals surface area contributed by atoms with Crippen LogP contribution in [0.25, 0.3) is 0 Å². The Morgan fingerprint density at radius 3 is 2.93 bits per heavy atom. The van der Waals surface area contributed by atoms with E-state index in [0.717, 1.165) is 18.7 Å². The van der Waals surface area contributed by atoms with Crippen LogP contribution in [0.4, 0.5) is 5.82 Å². The molecule has 2 rings (SSSR count). The number of anilines is 1. The molecule has 1 N–H and O–H groups in total. The Morgan fingerprint density at radius 2 is 2.20 bits per heavy atom. The Bertz CT molecular complexity index is 363. The summed E-state index contributed by atoms with van der Waals surface area (Å²) >= 11 is 5.89. The number of nitrogens with one attached hydrogen (secondary N) is 1. The first-order chi connectivity index (χ1) is 7.12. The normalized spacial score (nSPS) is 15.1. The molecule has 0 saturated carbocycles. The molecule has 0 spiro atoms. The van der Waals surface area contributed by atoms with E-state index in [1.807, 2.05) is 0 Å². The minimum atomic E-state index is -0.119. The second-order valence-corrected chi connectivity index (χ2v) is 4.91. The number of aryl methyl sites for hydroxylation is 1. The molecule has 1 aliphatic carbocycles. The minimum absolute atomic E-state index is 0.119. The van der Waals surface area contributed by atoms with Crippen LogP contribution in [0.15, 0.2) is 6.33 Å². The molecule has 82 valence electrons. The van der Waals surface area contributed by atoms with E-state index >= 15 is 0 Å². The lowest BCUT2D eigenvalue weighted by atomic mass is 10.1. The van der Waals surface area contributed by atoms with Crippen molar-refractivity contribution in [3.8, 4) is 0 Å². The third-order valence-electron chi connectivity index (χ3n) is 2.67. The summed E-state index contributed by atoms with van der Waals surface area (Å²) in [5.41, 5.74) is 2.35.